The normalized spacial score (nSPS) is 11.5. The van der Waals surface area contributed by atoms with E-state index in [2.05, 4.69) is 32.3 Å². The zero-order valence-electron chi connectivity index (χ0n) is 15.1. The van der Waals surface area contributed by atoms with Crippen molar-refractivity contribution in [2.75, 3.05) is 20.7 Å². The predicted octanol–water partition coefficient (Wildman–Crippen LogP) is 3.37. The molecule has 0 fully saturated rings. The Labute approximate surface area is 148 Å². The molecule has 0 unspecified atom stereocenters. The summed E-state index contributed by atoms with van der Waals surface area (Å²) >= 11 is 1.73. The highest BCUT2D eigenvalue weighted by Crippen LogP contribution is 2.17. The first kappa shape index (κ1) is 18.3. The van der Waals surface area contributed by atoms with Gasteiger partial charge in [-0.05, 0) is 38.5 Å². The number of guanidine groups is 1. The molecule has 1 heterocycles. The van der Waals surface area contributed by atoms with E-state index in [9.17, 15) is 0 Å². The van der Waals surface area contributed by atoms with Gasteiger partial charge in [0, 0.05) is 25.5 Å². The van der Waals surface area contributed by atoms with Crippen LogP contribution in [0.3, 0.4) is 0 Å². The Bertz CT molecular complexity index is 679. The van der Waals surface area contributed by atoms with Crippen molar-refractivity contribution in [1.29, 1.82) is 0 Å². The van der Waals surface area contributed by atoms with Crippen molar-refractivity contribution in [1.82, 2.24) is 15.2 Å². The largest absolute Gasteiger partial charge is 0.494 e. The second-order valence-electron chi connectivity index (χ2n) is 5.58. The van der Waals surface area contributed by atoms with E-state index in [4.69, 9.17) is 4.74 Å². The fourth-order valence-electron chi connectivity index (χ4n) is 2.49. The summed E-state index contributed by atoms with van der Waals surface area (Å²) in [4.78, 5) is 12.2. The minimum absolute atomic E-state index is 0.687. The summed E-state index contributed by atoms with van der Waals surface area (Å²) in [6.45, 7) is 8.29. The third kappa shape index (κ3) is 4.96. The van der Waals surface area contributed by atoms with Crippen LogP contribution >= 0.6 is 11.3 Å². The van der Waals surface area contributed by atoms with E-state index < -0.39 is 0 Å². The molecule has 2 aromatic rings. The first-order chi connectivity index (χ1) is 11.5. The maximum atomic E-state index is 5.48. The topological polar surface area (TPSA) is 49.8 Å². The summed E-state index contributed by atoms with van der Waals surface area (Å²) in [6, 6.07) is 8.19. The lowest BCUT2D eigenvalue weighted by molar-refractivity contribution is 0.340. The smallest absolute Gasteiger partial charge is 0.193 e. The van der Waals surface area contributed by atoms with Crippen LogP contribution in [0.2, 0.25) is 0 Å². The summed E-state index contributed by atoms with van der Waals surface area (Å²) < 4.78 is 5.48. The Kier molecular flexibility index (Phi) is 6.61. The molecule has 130 valence electrons. The summed E-state index contributed by atoms with van der Waals surface area (Å²) in [6.07, 6.45) is 0. The molecular formula is C18H26N4OS. The highest BCUT2D eigenvalue weighted by atomic mass is 32.1. The van der Waals surface area contributed by atoms with Crippen molar-refractivity contribution in [3.8, 4) is 5.75 Å². The first-order valence-electron chi connectivity index (χ1n) is 8.10. The van der Waals surface area contributed by atoms with Crippen molar-refractivity contribution in [2.24, 2.45) is 4.99 Å². The molecule has 0 radical (unpaired) electrons. The summed E-state index contributed by atoms with van der Waals surface area (Å²) in [7, 11) is 3.85. The Balaban J connectivity index is 1.93. The predicted molar refractivity (Wildman–Crippen MR) is 101 cm³/mol. The van der Waals surface area contributed by atoms with Crippen LogP contribution in [0, 0.1) is 13.8 Å². The zero-order chi connectivity index (χ0) is 17.5. The fraction of sp³-hybridized carbons (Fsp3) is 0.444. The average Bonchev–Trinajstić information content (AvgIpc) is 2.88. The number of aromatic nitrogens is 1. The van der Waals surface area contributed by atoms with Crippen LogP contribution in [0.5, 0.6) is 5.75 Å². The molecule has 0 aliphatic heterocycles. The fourth-order valence-corrected chi connectivity index (χ4v) is 3.36. The van der Waals surface area contributed by atoms with Crippen molar-refractivity contribution in [2.45, 2.75) is 33.9 Å². The lowest BCUT2D eigenvalue weighted by Gasteiger charge is -2.22. The van der Waals surface area contributed by atoms with Crippen LogP contribution < -0.4 is 10.1 Å². The van der Waals surface area contributed by atoms with Gasteiger partial charge in [0.2, 0.25) is 0 Å². The molecule has 24 heavy (non-hydrogen) atoms. The van der Waals surface area contributed by atoms with E-state index in [1.807, 2.05) is 47.0 Å². The summed E-state index contributed by atoms with van der Waals surface area (Å²) in [5.74, 6) is 1.77. The van der Waals surface area contributed by atoms with Crippen LogP contribution in [0.25, 0.3) is 0 Å². The molecule has 0 saturated heterocycles. The monoisotopic (exact) mass is 346 g/mol. The Morgan fingerprint density at radius 3 is 2.54 bits per heavy atom. The SMILES string of the molecule is CCOc1ccc(CN(C)C(=NC)NCc2sc(C)nc2C)cc1. The molecule has 6 heteroatoms. The first-order valence-corrected chi connectivity index (χ1v) is 8.91. The number of ether oxygens (including phenoxy) is 1. The number of nitrogens with one attached hydrogen (secondary N) is 1. The lowest BCUT2D eigenvalue weighted by atomic mass is 10.2. The van der Waals surface area contributed by atoms with Crippen LogP contribution in [-0.4, -0.2) is 36.5 Å². The standard InChI is InChI=1S/C18H26N4OS/c1-6-23-16-9-7-15(8-10-16)12-22(5)18(19-4)20-11-17-13(2)21-14(3)24-17/h7-10H,6,11-12H2,1-5H3,(H,19,20). The molecular weight excluding hydrogens is 320 g/mol. The Morgan fingerprint density at radius 1 is 1.29 bits per heavy atom. The maximum Gasteiger partial charge on any atom is 0.193 e. The average molecular weight is 347 g/mol. The lowest BCUT2D eigenvalue weighted by Crippen LogP contribution is -2.38. The van der Waals surface area contributed by atoms with Gasteiger partial charge < -0.3 is 15.0 Å². The second kappa shape index (κ2) is 8.68. The van der Waals surface area contributed by atoms with Gasteiger partial charge in [-0.25, -0.2) is 4.98 Å². The quantitative estimate of drug-likeness (QED) is 0.644. The third-order valence-corrected chi connectivity index (χ3v) is 4.71. The number of aryl methyl sites for hydroxylation is 2. The van der Waals surface area contributed by atoms with E-state index >= 15 is 0 Å². The van der Waals surface area contributed by atoms with E-state index in [-0.39, 0.29) is 0 Å². The van der Waals surface area contributed by atoms with E-state index in [0.717, 1.165) is 35.5 Å². The van der Waals surface area contributed by atoms with Crippen molar-refractivity contribution in [3.05, 3.63) is 45.4 Å². The van der Waals surface area contributed by atoms with E-state index in [1.165, 1.54) is 10.4 Å². The maximum absolute atomic E-state index is 5.48. The van der Waals surface area contributed by atoms with Gasteiger partial charge in [-0.3, -0.25) is 4.99 Å². The number of nitrogens with zero attached hydrogens (tertiary/aromatic N) is 3. The minimum Gasteiger partial charge on any atom is -0.494 e. The molecule has 0 spiro atoms. The summed E-state index contributed by atoms with van der Waals surface area (Å²) in [5, 5.41) is 4.51. The van der Waals surface area contributed by atoms with Crippen molar-refractivity contribution < 1.29 is 4.74 Å². The highest BCUT2D eigenvalue weighted by Gasteiger charge is 2.09. The van der Waals surface area contributed by atoms with Crippen LogP contribution in [0.4, 0.5) is 0 Å². The second-order valence-corrected chi connectivity index (χ2v) is 6.86. The van der Waals surface area contributed by atoms with E-state index in [1.54, 1.807) is 11.3 Å². The van der Waals surface area contributed by atoms with Gasteiger partial charge in [0.05, 0.1) is 23.9 Å². The molecule has 1 aromatic heterocycles. The number of rotatable bonds is 6. The Hall–Kier alpha value is -2.08. The van der Waals surface area contributed by atoms with Gasteiger partial charge in [-0.15, -0.1) is 11.3 Å². The van der Waals surface area contributed by atoms with Gasteiger partial charge in [0.25, 0.3) is 0 Å². The van der Waals surface area contributed by atoms with Gasteiger partial charge in [0.1, 0.15) is 5.75 Å². The molecule has 2 rings (SSSR count). The number of aliphatic imine (C=N–C) groups is 1. The third-order valence-electron chi connectivity index (χ3n) is 3.63. The molecule has 0 aliphatic rings. The summed E-state index contributed by atoms with van der Waals surface area (Å²) in [5.41, 5.74) is 2.31. The molecule has 0 amide bonds. The minimum atomic E-state index is 0.687. The van der Waals surface area contributed by atoms with Crippen LogP contribution in [0.15, 0.2) is 29.3 Å². The van der Waals surface area contributed by atoms with Gasteiger partial charge in [0.15, 0.2) is 5.96 Å². The van der Waals surface area contributed by atoms with Crippen LogP contribution in [-0.2, 0) is 13.1 Å². The molecule has 1 N–H and O–H groups in total. The molecule has 0 bridgehead atoms. The number of hydrogen-bond acceptors (Lipinski definition) is 4. The highest BCUT2D eigenvalue weighted by molar-refractivity contribution is 7.11. The van der Waals surface area contributed by atoms with Gasteiger partial charge in [-0.1, -0.05) is 12.1 Å². The molecule has 0 atom stereocenters. The number of benzene rings is 1. The molecule has 1 aromatic carbocycles. The number of thiazole rings is 1. The van der Waals surface area contributed by atoms with Gasteiger partial charge >= 0.3 is 0 Å². The number of hydrogen-bond donors (Lipinski definition) is 1. The van der Waals surface area contributed by atoms with E-state index in [0.29, 0.717) is 6.61 Å². The van der Waals surface area contributed by atoms with Gasteiger partial charge in [-0.2, -0.15) is 0 Å². The van der Waals surface area contributed by atoms with Crippen LogP contribution in [0.1, 0.15) is 28.1 Å². The van der Waals surface area contributed by atoms with Crippen molar-refractivity contribution in [3.63, 3.8) is 0 Å². The zero-order valence-corrected chi connectivity index (χ0v) is 15.9. The molecule has 0 saturated carbocycles. The van der Waals surface area contributed by atoms with Crippen molar-refractivity contribution >= 4 is 17.3 Å². The Morgan fingerprint density at radius 2 is 2.00 bits per heavy atom. The molecule has 0 aliphatic carbocycles. The molecule has 5 nitrogen and oxygen atoms in total.